The number of pyridine rings is 1. The summed E-state index contributed by atoms with van der Waals surface area (Å²) in [6, 6.07) is 5.55. The Balaban J connectivity index is 2.25. The number of rotatable bonds is 4. The number of nitrogens with two attached hydrogens (primary N) is 1. The molecule has 0 saturated carbocycles. The van der Waals surface area contributed by atoms with Crippen molar-refractivity contribution >= 4 is 17.4 Å². The molecule has 5 nitrogen and oxygen atoms in total. The minimum atomic E-state index is 0.455. The minimum Gasteiger partial charge on any atom is -0.476 e. The Kier molecular flexibility index (Phi) is 4.21. The molecular formula is C13H16N4OS. The van der Waals surface area contributed by atoms with Crippen LogP contribution in [-0.2, 0) is 0 Å². The van der Waals surface area contributed by atoms with Crippen LogP contribution < -0.4 is 10.5 Å². The molecule has 0 amide bonds. The van der Waals surface area contributed by atoms with Gasteiger partial charge in [-0.1, -0.05) is 0 Å². The fraction of sp³-hybridized carbons (Fsp3) is 0.308. The first kappa shape index (κ1) is 13.6. The zero-order chi connectivity index (χ0) is 13.8. The predicted molar refractivity (Wildman–Crippen MR) is 75.4 cm³/mol. The maximum atomic E-state index is 5.79. The van der Waals surface area contributed by atoms with Crippen molar-refractivity contribution in [1.29, 1.82) is 0 Å². The zero-order valence-electron chi connectivity index (χ0n) is 11.2. The van der Waals surface area contributed by atoms with Gasteiger partial charge in [-0.25, -0.2) is 15.0 Å². The molecule has 0 unspecified atom stereocenters. The lowest BCUT2D eigenvalue weighted by atomic mass is 10.4. The molecule has 0 aliphatic carbocycles. The first-order chi connectivity index (χ1) is 9.08. The Morgan fingerprint density at radius 2 is 1.84 bits per heavy atom. The molecule has 100 valence electrons. The number of hydrogen-bond acceptors (Lipinski definition) is 6. The Bertz CT molecular complexity index is 569. The van der Waals surface area contributed by atoms with Gasteiger partial charge in [0.2, 0.25) is 5.88 Å². The fourth-order valence-corrected chi connectivity index (χ4v) is 2.41. The normalized spacial score (nSPS) is 10.5. The van der Waals surface area contributed by atoms with Gasteiger partial charge in [0.15, 0.2) is 5.16 Å². The molecule has 19 heavy (non-hydrogen) atoms. The van der Waals surface area contributed by atoms with E-state index >= 15 is 0 Å². The average molecular weight is 276 g/mol. The van der Waals surface area contributed by atoms with Gasteiger partial charge in [0.1, 0.15) is 5.03 Å². The molecule has 2 aromatic rings. The number of nitrogens with zero attached hydrogens (tertiary/aromatic N) is 3. The summed E-state index contributed by atoms with van der Waals surface area (Å²) in [5.41, 5.74) is 8.20. The van der Waals surface area contributed by atoms with Crippen LogP contribution in [0.25, 0.3) is 0 Å². The number of nitrogen functional groups attached to an aromatic ring is 1. The standard InChI is InChI=1S/C13H16N4OS/c1-4-18-12-10(14)5-6-11(17-12)19-13-15-8(2)7-9(3)16-13/h5-7H,4,14H2,1-3H3. The average Bonchev–Trinajstić information content (AvgIpc) is 2.32. The van der Waals surface area contributed by atoms with Gasteiger partial charge in [-0.3, -0.25) is 0 Å². The maximum Gasteiger partial charge on any atom is 0.238 e. The quantitative estimate of drug-likeness (QED) is 0.865. The van der Waals surface area contributed by atoms with Gasteiger partial charge >= 0.3 is 0 Å². The van der Waals surface area contributed by atoms with Gasteiger partial charge in [-0.2, -0.15) is 0 Å². The molecular weight excluding hydrogens is 260 g/mol. The summed E-state index contributed by atoms with van der Waals surface area (Å²) in [7, 11) is 0. The molecule has 2 N–H and O–H groups in total. The number of aromatic nitrogens is 3. The minimum absolute atomic E-state index is 0.455. The molecule has 2 rings (SSSR count). The molecule has 0 fully saturated rings. The molecule has 0 bridgehead atoms. The summed E-state index contributed by atoms with van der Waals surface area (Å²) in [6.45, 7) is 6.32. The summed E-state index contributed by atoms with van der Waals surface area (Å²) < 4.78 is 5.37. The van der Waals surface area contributed by atoms with Crippen molar-refractivity contribution in [2.45, 2.75) is 31.0 Å². The SMILES string of the molecule is CCOc1nc(Sc2nc(C)cc(C)n2)ccc1N. The zero-order valence-corrected chi connectivity index (χ0v) is 12.0. The Hall–Kier alpha value is -1.82. The fourth-order valence-electron chi connectivity index (χ4n) is 1.58. The molecule has 0 aromatic carbocycles. The molecule has 0 aliphatic heterocycles. The van der Waals surface area contributed by atoms with Crippen LogP contribution >= 0.6 is 11.8 Å². The lowest BCUT2D eigenvalue weighted by Crippen LogP contribution is -2.00. The Labute approximate surface area is 116 Å². The maximum absolute atomic E-state index is 5.79. The molecule has 0 atom stereocenters. The largest absolute Gasteiger partial charge is 0.476 e. The van der Waals surface area contributed by atoms with Crippen LogP contribution in [0.1, 0.15) is 18.3 Å². The third-order valence-corrected chi connectivity index (χ3v) is 3.10. The van der Waals surface area contributed by atoms with Crippen LogP contribution in [-0.4, -0.2) is 21.6 Å². The number of anilines is 1. The Morgan fingerprint density at radius 1 is 1.16 bits per heavy atom. The molecule has 0 spiro atoms. The molecule has 6 heteroatoms. The van der Waals surface area contributed by atoms with Crippen molar-refractivity contribution in [3.63, 3.8) is 0 Å². The van der Waals surface area contributed by atoms with E-state index in [1.165, 1.54) is 11.8 Å². The van der Waals surface area contributed by atoms with E-state index < -0.39 is 0 Å². The third-order valence-electron chi connectivity index (χ3n) is 2.30. The summed E-state index contributed by atoms with van der Waals surface area (Å²) in [5.74, 6) is 0.455. The Morgan fingerprint density at radius 3 is 2.47 bits per heavy atom. The van der Waals surface area contributed by atoms with Crippen molar-refractivity contribution in [2.24, 2.45) is 0 Å². The van der Waals surface area contributed by atoms with E-state index in [1.807, 2.05) is 32.9 Å². The van der Waals surface area contributed by atoms with Gasteiger partial charge in [-0.05, 0) is 50.7 Å². The topological polar surface area (TPSA) is 73.9 Å². The number of ether oxygens (including phenoxy) is 1. The van der Waals surface area contributed by atoms with Gasteiger partial charge in [0.05, 0.1) is 12.3 Å². The van der Waals surface area contributed by atoms with E-state index in [0.717, 1.165) is 16.4 Å². The second-order valence-electron chi connectivity index (χ2n) is 4.01. The highest BCUT2D eigenvalue weighted by molar-refractivity contribution is 7.99. The van der Waals surface area contributed by atoms with E-state index in [4.69, 9.17) is 10.5 Å². The predicted octanol–water partition coefficient (Wildman–Crippen LogP) is 2.62. The van der Waals surface area contributed by atoms with E-state index in [9.17, 15) is 0 Å². The van der Waals surface area contributed by atoms with Crippen molar-refractivity contribution < 1.29 is 4.74 Å². The van der Waals surface area contributed by atoms with Crippen LogP contribution in [0.3, 0.4) is 0 Å². The van der Waals surface area contributed by atoms with Crippen LogP contribution in [0.2, 0.25) is 0 Å². The van der Waals surface area contributed by atoms with E-state index in [-0.39, 0.29) is 0 Å². The number of hydrogen-bond donors (Lipinski definition) is 1. The molecule has 2 aromatic heterocycles. The molecule has 0 aliphatic rings. The highest BCUT2D eigenvalue weighted by Crippen LogP contribution is 2.28. The van der Waals surface area contributed by atoms with Gasteiger partial charge in [0, 0.05) is 11.4 Å². The summed E-state index contributed by atoms with van der Waals surface area (Å²) >= 11 is 1.40. The van der Waals surface area contributed by atoms with Crippen LogP contribution in [0, 0.1) is 13.8 Å². The lowest BCUT2D eigenvalue weighted by molar-refractivity contribution is 0.326. The summed E-state index contributed by atoms with van der Waals surface area (Å²) in [4.78, 5) is 13.1. The van der Waals surface area contributed by atoms with Crippen molar-refractivity contribution in [1.82, 2.24) is 15.0 Å². The van der Waals surface area contributed by atoms with E-state index in [0.29, 0.717) is 23.3 Å². The summed E-state index contributed by atoms with van der Waals surface area (Å²) in [6.07, 6.45) is 0. The highest BCUT2D eigenvalue weighted by Gasteiger charge is 2.08. The van der Waals surface area contributed by atoms with E-state index in [1.54, 1.807) is 6.07 Å². The monoisotopic (exact) mass is 276 g/mol. The lowest BCUT2D eigenvalue weighted by Gasteiger charge is -2.07. The first-order valence-corrected chi connectivity index (χ1v) is 6.79. The van der Waals surface area contributed by atoms with Crippen molar-refractivity contribution in [3.8, 4) is 5.88 Å². The molecule has 2 heterocycles. The summed E-state index contributed by atoms with van der Waals surface area (Å²) in [5, 5.41) is 1.44. The van der Waals surface area contributed by atoms with Gasteiger partial charge in [-0.15, -0.1) is 0 Å². The highest BCUT2D eigenvalue weighted by atomic mass is 32.2. The molecule has 0 radical (unpaired) electrons. The molecule has 0 saturated heterocycles. The number of aryl methyl sites for hydroxylation is 2. The second-order valence-corrected chi connectivity index (χ2v) is 5.00. The van der Waals surface area contributed by atoms with Crippen molar-refractivity contribution in [3.05, 3.63) is 29.6 Å². The van der Waals surface area contributed by atoms with Crippen LogP contribution in [0.4, 0.5) is 5.69 Å². The second kappa shape index (κ2) is 5.88. The van der Waals surface area contributed by atoms with Crippen molar-refractivity contribution in [2.75, 3.05) is 12.3 Å². The third kappa shape index (κ3) is 3.57. The van der Waals surface area contributed by atoms with Gasteiger partial charge in [0.25, 0.3) is 0 Å². The van der Waals surface area contributed by atoms with Crippen LogP contribution in [0.15, 0.2) is 28.4 Å². The smallest absolute Gasteiger partial charge is 0.238 e. The van der Waals surface area contributed by atoms with Crippen LogP contribution in [0.5, 0.6) is 5.88 Å². The van der Waals surface area contributed by atoms with Gasteiger partial charge < -0.3 is 10.5 Å². The first-order valence-electron chi connectivity index (χ1n) is 5.98. The van der Waals surface area contributed by atoms with E-state index in [2.05, 4.69) is 15.0 Å².